The maximum Gasteiger partial charge on any atom is 0.330 e. The number of rotatable bonds is 8. The normalized spacial score (nSPS) is 15.6. The van der Waals surface area contributed by atoms with Crippen molar-refractivity contribution < 1.29 is 39.1 Å². The fraction of sp³-hybridized carbons (Fsp3) is 0.368. The first-order valence-corrected chi connectivity index (χ1v) is 13.5. The number of aryl methyl sites for hydroxylation is 1. The molecule has 2 rings (SSSR count). The molecular formula is C19H28O4Si2W. The molecule has 0 aliphatic carbocycles. The minimum Gasteiger partial charge on any atom is -0.508 e. The van der Waals surface area contributed by atoms with Gasteiger partial charge in [-0.25, -0.2) is 0 Å². The van der Waals surface area contributed by atoms with Gasteiger partial charge in [0.25, 0.3) is 0 Å². The van der Waals surface area contributed by atoms with Crippen LogP contribution in [0.25, 0.3) is 0 Å². The molecule has 7 heteroatoms. The van der Waals surface area contributed by atoms with Crippen molar-refractivity contribution in [1.29, 1.82) is 0 Å². The fourth-order valence-corrected chi connectivity index (χ4v) is 9.96. The Morgan fingerprint density at radius 2 is 1.15 bits per heavy atom. The molecular weight excluding hydrogens is 532 g/mol. The Kier molecular flexibility index (Phi) is 8.93. The molecule has 0 spiro atoms. The Labute approximate surface area is 173 Å². The van der Waals surface area contributed by atoms with Crippen molar-refractivity contribution in [3.05, 3.63) is 65.2 Å². The zero-order valence-electron chi connectivity index (χ0n) is 16.1. The van der Waals surface area contributed by atoms with Crippen molar-refractivity contribution in [3.63, 3.8) is 0 Å². The first kappa shape index (κ1) is 23.3. The Morgan fingerprint density at radius 1 is 0.769 bits per heavy atom. The molecule has 0 aliphatic rings. The molecule has 2 atom stereocenters. The van der Waals surface area contributed by atoms with E-state index in [1.165, 1.54) is 11.1 Å². The number of phenolic OH excluding ortho intramolecular Hbond substituents is 1. The van der Waals surface area contributed by atoms with Crippen LogP contribution in [0.4, 0.5) is 0 Å². The van der Waals surface area contributed by atoms with E-state index >= 15 is 0 Å². The van der Waals surface area contributed by atoms with Crippen LogP contribution in [0.5, 0.6) is 5.75 Å². The van der Waals surface area contributed by atoms with Gasteiger partial charge in [0.15, 0.2) is 0 Å². The molecule has 0 aliphatic heterocycles. The summed E-state index contributed by atoms with van der Waals surface area (Å²) in [5.41, 5.74) is 3.56. The molecule has 4 nitrogen and oxygen atoms in total. The largest absolute Gasteiger partial charge is 0.508 e. The van der Waals surface area contributed by atoms with Crippen molar-refractivity contribution in [2.75, 3.05) is 14.2 Å². The molecule has 26 heavy (non-hydrogen) atoms. The van der Waals surface area contributed by atoms with Gasteiger partial charge in [0.2, 0.25) is 0 Å². The first-order chi connectivity index (χ1) is 11.8. The van der Waals surface area contributed by atoms with Crippen LogP contribution in [0.1, 0.15) is 16.7 Å². The molecule has 2 unspecified atom stereocenters. The van der Waals surface area contributed by atoms with Gasteiger partial charge in [-0.1, -0.05) is 42.0 Å². The van der Waals surface area contributed by atoms with E-state index in [1.807, 2.05) is 12.1 Å². The molecule has 0 fully saturated rings. The van der Waals surface area contributed by atoms with Crippen LogP contribution in [-0.4, -0.2) is 36.4 Å². The maximum atomic E-state index is 9.46. The molecule has 0 radical (unpaired) electrons. The fourth-order valence-electron chi connectivity index (χ4n) is 2.82. The Balaban J connectivity index is 0.00000338. The third-order valence-electron chi connectivity index (χ3n) is 4.40. The van der Waals surface area contributed by atoms with Gasteiger partial charge < -0.3 is 18.1 Å². The number of hydrogen-bond donors (Lipinski definition) is 1. The van der Waals surface area contributed by atoms with Crippen molar-refractivity contribution in [2.45, 2.75) is 32.1 Å². The summed E-state index contributed by atoms with van der Waals surface area (Å²) >= 11 is 0. The van der Waals surface area contributed by atoms with Crippen molar-refractivity contribution in [3.8, 4) is 5.75 Å². The minimum absolute atomic E-state index is 0. The average molecular weight is 560 g/mol. The zero-order chi connectivity index (χ0) is 18.5. The molecule has 1 N–H and O–H groups in total. The molecule has 0 saturated heterocycles. The average Bonchev–Trinajstić information content (AvgIpc) is 2.59. The van der Waals surface area contributed by atoms with E-state index in [0.717, 1.165) is 11.6 Å². The first-order valence-electron chi connectivity index (χ1n) is 8.41. The van der Waals surface area contributed by atoms with Gasteiger partial charge in [0.05, 0.1) is 0 Å². The number of aromatic hydroxyl groups is 1. The number of phenols is 1. The van der Waals surface area contributed by atoms with Crippen molar-refractivity contribution in [2.24, 2.45) is 0 Å². The summed E-state index contributed by atoms with van der Waals surface area (Å²) in [6.45, 7) is 6.24. The monoisotopic (exact) mass is 560 g/mol. The van der Waals surface area contributed by atoms with Crippen LogP contribution >= 0.6 is 0 Å². The molecule has 0 heterocycles. The summed E-state index contributed by atoms with van der Waals surface area (Å²) in [7, 11) is -1.42. The molecule has 0 saturated carbocycles. The Morgan fingerprint density at radius 3 is 1.54 bits per heavy atom. The second-order valence-corrected chi connectivity index (χ2v) is 13.7. The smallest absolute Gasteiger partial charge is 0.330 e. The Bertz CT molecular complexity index is 621. The van der Waals surface area contributed by atoms with E-state index in [2.05, 4.69) is 44.3 Å². The summed E-state index contributed by atoms with van der Waals surface area (Å²) in [6.07, 6.45) is 0. The van der Waals surface area contributed by atoms with Gasteiger partial charge in [-0.2, -0.15) is 0 Å². The van der Waals surface area contributed by atoms with Gasteiger partial charge in [0, 0.05) is 47.4 Å². The maximum absolute atomic E-state index is 9.46. The van der Waals surface area contributed by atoms with Crippen LogP contribution in [0.2, 0.25) is 13.1 Å². The van der Waals surface area contributed by atoms with E-state index in [0.29, 0.717) is 6.04 Å². The van der Waals surface area contributed by atoms with Crippen LogP contribution in [0, 0.1) is 6.92 Å². The zero-order valence-corrected chi connectivity index (χ0v) is 21.0. The predicted octanol–water partition coefficient (Wildman–Crippen LogP) is 4.02. The molecule has 2 aromatic carbocycles. The van der Waals surface area contributed by atoms with E-state index in [9.17, 15) is 5.11 Å². The molecule has 0 amide bonds. The Hall–Kier alpha value is -0.758. The number of hydrogen-bond acceptors (Lipinski definition) is 4. The van der Waals surface area contributed by atoms with Crippen molar-refractivity contribution >= 4 is 17.1 Å². The second kappa shape index (κ2) is 9.97. The third-order valence-corrected chi connectivity index (χ3v) is 11.7. The summed E-state index contributed by atoms with van der Waals surface area (Å²) < 4.78 is 18.3. The van der Waals surface area contributed by atoms with Gasteiger partial charge in [-0.15, -0.1) is 0 Å². The molecule has 142 valence electrons. The van der Waals surface area contributed by atoms with Crippen LogP contribution in [0.15, 0.2) is 48.5 Å². The molecule has 2 aromatic rings. The standard InChI is InChI=1S/C19H28O4Si2.W/c1-16-6-8-17(9-7-16)14-24(4,21-2)23-25(5,22-3)15-18-10-12-19(20)13-11-18;/h6-13,20H,14-15H2,1-5H3;. The minimum atomic E-state index is -2.45. The summed E-state index contributed by atoms with van der Waals surface area (Å²) in [4.78, 5) is 0. The molecule has 0 aromatic heterocycles. The van der Waals surface area contributed by atoms with Crippen molar-refractivity contribution in [1.82, 2.24) is 0 Å². The van der Waals surface area contributed by atoms with Gasteiger partial charge in [-0.3, -0.25) is 0 Å². The van der Waals surface area contributed by atoms with E-state index in [1.54, 1.807) is 26.4 Å². The predicted molar refractivity (Wildman–Crippen MR) is 105 cm³/mol. The van der Waals surface area contributed by atoms with Crippen LogP contribution < -0.4 is 0 Å². The number of benzene rings is 2. The summed E-state index contributed by atoms with van der Waals surface area (Å²) in [5.74, 6) is 0.265. The molecule has 0 bridgehead atoms. The quantitative estimate of drug-likeness (QED) is 0.496. The van der Waals surface area contributed by atoms with Gasteiger partial charge in [0.1, 0.15) is 5.75 Å². The van der Waals surface area contributed by atoms with Gasteiger partial charge in [-0.05, 0) is 43.3 Å². The van der Waals surface area contributed by atoms with E-state index in [4.69, 9.17) is 13.0 Å². The third kappa shape index (κ3) is 6.76. The summed E-state index contributed by atoms with van der Waals surface area (Å²) in [6, 6.07) is 17.2. The summed E-state index contributed by atoms with van der Waals surface area (Å²) in [5, 5.41) is 9.46. The van der Waals surface area contributed by atoms with Gasteiger partial charge >= 0.3 is 17.1 Å². The van der Waals surface area contributed by atoms with E-state index < -0.39 is 17.1 Å². The SMILES string of the molecule is CO[Si](C)(Cc1ccc(C)cc1)O[Si](C)(Cc1ccc(O)cc1)OC.[W]. The van der Waals surface area contributed by atoms with E-state index in [-0.39, 0.29) is 26.8 Å². The topological polar surface area (TPSA) is 47.9 Å². The van der Waals surface area contributed by atoms with Crippen LogP contribution in [0.3, 0.4) is 0 Å². The second-order valence-electron chi connectivity index (χ2n) is 6.78. The van der Waals surface area contributed by atoms with Crippen LogP contribution in [-0.2, 0) is 46.1 Å².